The van der Waals surface area contributed by atoms with Crippen molar-refractivity contribution in [2.75, 3.05) is 11.9 Å². The van der Waals surface area contributed by atoms with Crippen molar-refractivity contribution in [2.24, 2.45) is 0 Å². The van der Waals surface area contributed by atoms with E-state index >= 15 is 0 Å². The Bertz CT molecular complexity index is 720. The summed E-state index contributed by atoms with van der Waals surface area (Å²) in [6, 6.07) is 6.01. The lowest BCUT2D eigenvalue weighted by Gasteiger charge is -2.07. The molecule has 0 saturated heterocycles. The molecule has 3 aromatic heterocycles. The van der Waals surface area contributed by atoms with E-state index in [0.717, 1.165) is 46.4 Å². The molecule has 5 heteroatoms. The number of nitrogens with zero attached hydrogens (tertiary/aromatic N) is 3. The molecule has 0 atom stereocenters. The van der Waals surface area contributed by atoms with Gasteiger partial charge in [-0.15, -0.1) is 0 Å². The highest BCUT2D eigenvalue weighted by atomic mass is 79.9. The van der Waals surface area contributed by atoms with Crippen molar-refractivity contribution in [1.29, 1.82) is 0 Å². The molecule has 0 bridgehead atoms. The smallest absolute Gasteiger partial charge is 0.209 e. The molecule has 0 amide bonds. The molecule has 0 radical (unpaired) electrons. The molecule has 0 saturated carbocycles. The Kier molecular flexibility index (Phi) is 3.38. The highest BCUT2D eigenvalue weighted by Crippen LogP contribution is 2.31. The summed E-state index contributed by atoms with van der Waals surface area (Å²) >= 11 is 3.65. The standard InChI is InChI=1S/C14H15BrN4/c1-2-3-7-17-14-18-9-6-11-12(15)10-5-4-8-16-13(10)19(11)14/h4-6,8-9H,2-3,7H2,1H3,(H,17,18). The average molecular weight is 319 g/mol. The van der Waals surface area contributed by atoms with Crippen LogP contribution in [0.15, 0.2) is 35.1 Å². The molecule has 1 N–H and O–H groups in total. The Balaban J connectivity index is 2.20. The number of halogens is 1. The predicted molar refractivity (Wildman–Crippen MR) is 81.6 cm³/mol. The number of unbranched alkanes of at least 4 members (excludes halogenated alkanes) is 1. The van der Waals surface area contributed by atoms with Gasteiger partial charge in [-0.3, -0.25) is 4.40 Å². The Morgan fingerprint density at radius 2 is 2.16 bits per heavy atom. The Hall–Kier alpha value is -1.62. The Labute approximate surface area is 120 Å². The summed E-state index contributed by atoms with van der Waals surface area (Å²) in [6.45, 7) is 3.10. The number of fused-ring (bicyclic) bond motifs is 3. The fourth-order valence-corrected chi connectivity index (χ4v) is 2.82. The minimum atomic E-state index is 0.848. The van der Waals surface area contributed by atoms with E-state index in [4.69, 9.17) is 0 Å². The van der Waals surface area contributed by atoms with Crippen molar-refractivity contribution in [2.45, 2.75) is 19.8 Å². The van der Waals surface area contributed by atoms with Gasteiger partial charge in [0.15, 0.2) is 0 Å². The van der Waals surface area contributed by atoms with E-state index < -0.39 is 0 Å². The zero-order chi connectivity index (χ0) is 13.2. The van der Waals surface area contributed by atoms with E-state index in [1.54, 1.807) is 0 Å². The molecular weight excluding hydrogens is 304 g/mol. The average Bonchev–Trinajstić information content (AvgIpc) is 2.74. The van der Waals surface area contributed by atoms with Crippen LogP contribution in [0.1, 0.15) is 19.8 Å². The molecular formula is C14H15BrN4. The summed E-state index contributed by atoms with van der Waals surface area (Å²) in [5, 5.41) is 4.49. The Morgan fingerprint density at radius 1 is 1.26 bits per heavy atom. The lowest BCUT2D eigenvalue weighted by atomic mass is 10.3. The van der Waals surface area contributed by atoms with Crippen LogP contribution in [0, 0.1) is 0 Å². The van der Waals surface area contributed by atoms with Crippen molar-refractivity contribution in [3.8, 4) is 0 Å². The Morgan fingerprint density at radius 3 is 3.00 bits per heavy atom. The molecule has 0 spiro atoms. The van der Waals surface area contributed by atoms with E-state index in [-0.39, 0.29) is 0 Å². The fourth-order valence-electron chi connectivity index (χ4n) is 2.20. The van der Waals surface area contributed by atoms with Crippen LogP contribution < -0.4 is 5.32 Å². The lowest BCUT2D eigenvalue weighted by molar-refractivity contribution is 0.824. The van der Waals surface area contributed by atoms with Gasteiger partial charge >= 0.3 is 0 Å². The minimum absolute atomic E-state index is 0.848. The third kappa shape index (κ3) is 2.08. The fraction of sp³-hybridized carbons (Fsp3) is 0.286. The summed E-state index contributed by atoms with van der Waals surface area (Å²) < 4.78 is 3.13. The molecule has 3 heterocycles. The van der Waals surface area contributed by atoms with Crippen molar-refractivity contribution in [3.05, 3.63) is 35.1 Å². The first-order valence-corrected chi connectivity index (χ1v) is 7.25. The van der Waals surface area contributed by atoms with Gasteiger partial charge < -0.3 is 5.32 Å². The molecule has 0 aliphatic rings. The van der Waals surface area contributed by atoms with Gasteiger partial charge in [-0.2, -0.15) is 0 Å². The second-order valence-electron chi connectivity index (χ2n) is 4.46. The second-order valence-corrected chi connectivity index (χ2v) is 5.25. The van der Waals surface area contributed by atoms with Gasteiger partial charge in [-0.25, -0.2) is 9.97 Å². The normalized spacial score (nSPS) is 11.3. The van der Waals surface area contributed by atoms with Gasteiger partial charge in [-0.05, 0) is 40.5 Å². The van der Waals surface area contributed by atoms with Gasteiger partial charge in [0.2, 0.25) is 5.95 Å². The van der Waals surface area contributed by atoms with E-state index in [9.17, 15) is 0 Å². The third-order valence-corrected chi connectivity index (χ3v) is 3.99. The lowest BCUT2D eigenvalue weighted by Crippen LogP contribution is -2.07. The zero-order valence-corrected chi connectivity index (χ0v) is 12.3. The minimum Gasteiger partial charge on any atom is -0.355 e. The van der Waals surface area contributed by atoms with Crippen LogP contribution in [0.4, 0.5) is 5.95 Å². The number of rotatable bonds is 4. The molecule has 0 fully saturated rings. The first kappa shape index (κ1) is 12.4. The van der Waals surface area contributed by atoms with Crippen LogP contribution >= 0.6 is 15.9 Å². The number of aromatic nitrogens is 3. The molecule has 19 heavy (non-hydrogen) atoms. The van der Waals surface area contributed by atoms with Crippen LogP contribution in [0.25, 0.3) is 16.6 Å². The largest absolute Gasteiger partial charge is 0.355 e. The van der Waals surface area contributed by atoms with E-state index in [1.165, 1.54) is 0 Å². The first-order chi connectivity index (χ1) is 9.33. The number of nitrogens with one attached hydrogen (secondary N) is 1. The maximum Gasteiger partial charge on any atom is 0.209 e. The third-order valence-electron chi connectivity index (χ3n) is 3.16. The molecule has 3 aromatic rings. The second kappa shape index (κ2) is 5.17. The molecule has 0 aromatic carbocycles. The van der Waals surface area contributed by atoms with Crippen LogP contribution in [0.2, 0.25) is 0 Å². The molecule has 0 unspecified atom stereocenters. The van der Waals surface area contributed by atoms with Crippen molar-refractivity contribution in [1.82, 2.24) is 14.4 Å². The van der Waals surface area contributed by atoms with Gasteiger partial charge in [0.1, 0.15) is 5.65 Å². The SMILES string of the molecule is CCCCNc1nccc2c(Br)c3cccnc3n12. The summed E-state index contributed by atoms with van der Waals surface area (Å²) in [4.78, 5) is 8.91. The topological polar surface area (TPSA) is 42.2 Å². The summed E-state index contributed by atoms with van der Waals surface area (Å²) in [6.07, 6.45) is 5.93. The van der Waals surface area contributed by atoms with Crippen molar-refractivity contribution in [3.63, 3.8) is 0 Å². The van der Waals surface area contributed by atoms with Crippen LogP contribution in [-0.2, 0) is 0 Å². The maximum absolute atomic E-state index is 4.47. The predicted octanol–water partition coefficient (Wildman–Crippen LogP) is 3.86. The summed E-state index contributed by atoms with van der Waals surface area (Å²) in [5.41, 5.74) is 2.01. The van der Waals surface area contributed by atoms with Crippen LogP contribution in [-0.4, -0.2) is 20.9 Å². The van der Waals surface area contributed by atoms with Gasteiger partial charge in [-0.1, -0.05) is 13.3 Å². The van der Waals surface area contributed by atoms with Crippen LogP contribution in [0.3, 0.4) is 0 Å². The van der Waals surface area contributed by atoms with Crippen molar-refractivity contribution >= 4 is 38.4 Å². The van der Waals surface area contributed by atoms with Crippen LogP contribution in [0.5, 0.6) is 0 Å². The molecule has 3 rings (SSSR count). The highest BCUT2D eigenvalue weighted by Gasteiger charge is 2.13. The number of hydrogen-bond donors (Lipinski definition) is 1. The van der Waals surface area contributed by atoms with Gasteiger partial charge in [0, 0.05) is 24.3 Å². The zero-order valence-electron chi connectivity index (χ0n) is 10.7. The molecule has 4 nitrogen and oxygen atoms in total. The molecule has 0 aliphatic carbocycles. The summed E-state index contributed by atoms with van der Waals surface area (Å²) in [7, 11) is 0. The van der Waals surface area contributed by atoms with E-state index in [0.29, 0.717) is 0 Å². The highest BCUT2D eigenvalue weighted by molar-refractivity contribution is 9.10. The molecule has 0 aliphatic heterocycles. The monoisotopic (exact) mass is 318 g/mol. The number of pyridine rings is 1. The van der Waals surface area contributed by atoms with Crippen molar-refractivity contribution < 1.29 is 0 Å². The quantitative estimate of drug-likeness (QED) is 0.743. The first-order valence-electron chi connectivity index (χ1n) is 6.46. The van der Waals surface area contributed by atoms with E-state index in [2.05, 4.69) is 48.6 Å². The van der Waals surface area contributed by atoms with Gasteiger partial charge in [0.05, 0.1) is 9.99 Å². The van der Waals surface area contributed by atoms with Gasteiger partial charge in [0.25, 0.3) is 0 Å². The van der Waals surface area contributed by atoms with E-state index in [1.807, 2.05) is 24.5 Å². The number of anilines is 1. The maximum atomic E-state index is 4.47. The molecule has 98 valence electrons. The summed E-state index contributed by atoms with van der Waals surface area (Å²) in [5.74, 6) is 0.848. The number of hydrogen-bond acceptors (Lipinski definition) is 3.